The summed E-state index contributed by atoms with van der Waals surface area (Å²) in [6, 6.07) is 2.84. The third-order valence-corrected chi connectivity index (χ3v) is 5.65. The van der Waals surface area contributed by atoms with Crippen molar-refractivity contribution in [2.75, 3.05) is 0 Å². The molecule has 0 atom stereocenters. The molecule has 3 nitrogen and oxygen atoms in total. The fraction of sp³-hybridized carbons (Fsp3) is 0.632. The molecule has 2 saturated carbocycles. The Bertz CT molecular complexity index is 627. The maximum absolute atomic E-state index is 13.4. The highest BCUT2D eigenvalue weighted by molar-refractivity contribution is 5.88. The van der Waals surface area contributed by atoms with Gasteiger partial charge in [-0.1, -0.05) is 19.3 Å². The predicted octanol–water partition coefficient (Wildman–Crippen LogP) is 5.68. The van der Waals surface area contributed by atoms with E-state index in [-0.39, 0.29) is 17.2 Å². The predicted molar refractivity (Wildman–Crippen MR) is 86.8 cm³/mol. The molecule has 0 radical (unpaired) electrons. The zero-order valence-electron chi connectivity index (χ0n) is 14.1. The summed E-state index contributed by atoms with van der Waals surface area (Å²) in [5.41, 5.74) is -1.66. The number of carbonyl (C=O) groups is 1. The molecule has 1 N–H and O–H groups in total. The van der Waals surface area contributed by atoms with Crippen molar-refractivity contribution in [3.63, 3.8) is 0 Å². The third-order valence-electron chi connectivity index (χ3n) is 5.65. The third kappa shape index (κ3) is 3.77. The number of hydrogen-bond donors (Lipinski definition) is 1. The standard InChI is InChI=1S/C19H23F3O3/c20-19(21,22)15-9-8-13(17(23)24)12-16(15)25-18(10-4-5-11-18)14-6-2-1-3-7-14/h8-9,12,14H,1-7,10-11H2,(H,23,24). The lowest BCUT2D eigenvalue weighted by Gasteiger charge is -2.40. The first-order valence-electron chi connectivity index (χ1n) is 8.95. The van der Waals surface area contributed by atoms with Gasteiger partial charge in [0.25, 0.3) is 0 Å². The van der Waals surface area contributed by atoms with Gasteiger partial charge >= 0.3 is 12.1 Å². The summed E-state index contributed by atoms with van der Waals surface area (Å²) in [5.74, 6) is -1.34. The fourth-order valence-electron chi connectivity index (χ4n) is 4.39. The summed E-state index contributed by atoms with van der Waals surface area (Å²) < 4.78 is 46.3. The van der Waals surface area contributed by atoms with E-state index in [2.05, 4.69) is 0 Å². The lowest BCUT2D eigenvalue weighted by molar-refractivity contribution is -0.140. The minimum Gasteiger partial charge on any atom is -0.486 e. The zero-order valence-corrected chi connectivity index (χ0v) is 14.1. The van der Waals surface area contributed by atoms with E-state index in [9.17, 15) is 18.0 Å². The first-order chi connectivity index (χ1) is 11.8. The van der Waals surface area contributed by atoms with Gasteiger partial charge in [0, 0.05) is 0 Å². The number of benzene rings is 1. The van der Waals surface area contributed by atoms with Gasteiger partial charge in [-0.2, -0.15) is 13.2 Å². The van der Waals surface area contributed by atoms with Crippen LogP contribution < -0.4 is 4.74 Å². The van der Waals surface area contributed by atoms with Crippen LogP contribution in [0.5, 0.6) is 5.75 Å². The molecule has 1 aromatic carbocycles. The van der Waals surface area contributed by atoms with Crippen molar-refractivity contribution >= 4 is 5.97 Å². The molecule has 0 amide bonds. The average Bonchev–Trinajstić information content (AvgIpc) is 3.04. The normalized spacial score (nSPS) is 21.2. The highest BCUT2D eigenvalue weighted by atomic mass is 19.4. The van der Waals surface area contributed by atoms with E-state index in [1.54, 1.807) is 0 Å². The van der Waals surface area contributed by atoms with Crippen LogP contribution in [0.15, 0.2) is 18.2 Å². The van der Waals surface area contributed by atoms with E-state index in [0.29, 0.717) is 0 Å². The molecule has 0 saturated heterocycles. The molecule has 3 rings (SSSR count). The van der Waals surface area contributed by atoms with Crippen LogP contribution in [0.2, 0.25) is 0 Å². The number of ether oxygens (including phenoxy) is 1. The van der Waals surface area contributed by atoms with Crippen molar-refractivity contribution in [3.8, 4) is 5.75 Å². The van der Waals surface area contributed by atoms with Crippen LogP contribution in [-0.2, 0) is 6.18 Å². The van der Waals surface area contributed by atoms with Gasteiger partial charge in [0.1, 0.15) is 11.4 Å². The maximum atomic E-state index is 13.4. The van der Waals surface area contributed by atoms with Crippen molar-refractivity contribution in [3.05, 3.63) is 29.3 Å². The van der Waals surface area contributed by atoms with Gasteiger partial charge in [0.15, 0.2) is 0 Å². The summed E-state index contributed by atoms with van der Waals surface area (Å²) in [7, 11) is 0. The van der Waals surface area contributed by atoms with E-state index in [1.807, 2.05) is 0 Å². The van der Waals surface area contributed by atoms with E-state index < -0.39 is 23.3 Å². The van der Waals surface area contributed by atoms with Gasteiger partial charge in [-0.05, 0) is 62.6 Å². The highest BCUT2D eigenvalue weighted by Gasteiger charge is 2.45. The van der Waals surface area contributed by atoms with Gasteiger partial charge in [-0.25, -0.2) is 4.79 Å². The van der Waals surface area contributed by atoms with E-state index in [1.165, 1.54) is 0 Å². The number of hydrogen-bond acceptors (Lipinski definition) is 2. The Morgan fingerprint density at radius 3 is 2.28 bits per heavy atom. The van der Waals surface area contributed by atoms with Crippen molar-refractivity contribution in [1.29, 1.82) is 0 Å². The topological polar surface area (TPSA) is 46.5 Å². The SMILES string of the molecule is O=C(O)c1ccc(C(F)(F)F)c(OC2(C3CCCCC3)CCCC2)c1. The van der Waals surface area contributed by atoms with Crippen LogP contribution in [0.1, 0.15) is 73.7 Å². The Balaban J connectivity index is 1.98. The van der Waals surface area contributed by atoms with Gasteiger partial charge in [0.2, 0.25) is 0 Å². The molecule has 0 bridgehead atoms. The summed E-state index contributed by atoms with van der Waals surface area (Å²) >= 11 is 0. The first kappa shape index (κ1) is 18.1. The number of halogens is 3. The number of alkyl halides is 3. The Labute approximate surface area is 145 Å². The zero-order chi connectivity index (χ0) is 18.1. The second-order valence-corrected chi connectivity index (χ2v) is 7.22. The van der Waals surface area contributed by atoms with Crippen LogP contribution in [0.4, 0.5) is 13.2 Å². The summed E-state index contributed by atoms with van der Waals surface area (Å²) in [5, 5.41) is 9.14. The van der Waals surface area contributed by atoms with Crippen LogP contribution in [0.3, 0.4) is 0 Å². The molecule has 6 heteroatoms. The second-order valence-electron chi connectivity index (χ2n) is 7.22. The molecule has 138 valence electrons. The number of rotatable bonds is 4. The van der Waals surface area contributed by atoms with E-state index in [4.69, 9.17) is 9.84 Å². The fourth-order valence-corrected chi connectivity index (χ4v) is 4.39. The van der Waals surface area contributed by atoms with Crippen LogP contribution in [0, 0.1) is 5.92 Å². The Hall–Kier alpha value is -1.72. The molecule has 0 heterocycles. The highest BCUT2D eigenvalue weighted by Crippen LogP contribution is 2.48. The minimum atomic E-state index is -4.57. The molecule has 0 spiro atoms. The summed E-state index contributed by atoms with van der Waals surface area (Å²) in [4.78, 5) is 11.2. The second kappa shape index (κ2) is 6.89. The minimum absolute atomic E-state index is 0.181. The molecular formula is C19H23F3O3. The number of carboxylic acid groups (broad SMARTS) is 1. The summed E-state index contributed by atoms with van der Waals surface area (Å²) in [6.45, 7) is 0. The number of aromatic carboxylic acids is 1. The molecular weight excluding hydrogens is 333 g/mol. The molecule has 0 unspecified atom stereocenters. The van der Waals surface area contributed by atoms with Gasteiger partial charge in [-0.15, -0.1) is 0 Å². The van der Waals surface area contributed by atoms with Gasteiger partial charge < -0.3 is 9.84 Å². The van der Waals surface area contributed by atoms with E-state index in [0.717, 1.165) is 76.0 Å². The van der Waals surface area contributed by atoms with Crippen LogP contribution in [0.25, 0.3) is 0 Å². The van der Waals surface area contributed by atoms with Crippen molar-refractivity contribution in [1.82, 2.24) is 0 Å². The summed E-state index contributed by atoms with van der Waals surface area (Å²) in [6.07, 6.45) is 4.06. The molecule has 2 fully saturated rings. The Morgan fingerprint density at radius 1 is 1.08 bits per heavy atom. The quantitative estimate of drug-likeness (QED) is 0.755. The number of carboxylic acids is 1. The molecule has 1 aromatic rings. The molecule has 2 aliphatic carbocycles. The lowest BCUT2D eigenvalue weighted by Crippen LogP contribution is -2.42. The van der Waals surface area contributed by atoms with Crippen molar-refractivity contribution < 1.29 is 27.8 Å². The molecule has 25 heavy (non-hydrogen) atoms. The smallest absolute Gasteiger partial charge is 0.419 e. The van der Waals surface area contributed by atoms with Crippen LogP contribution in [-0.4, -0.2) is 16.7 Å². The van der Waals surface area contributed by atoms with Crippen LogP contribution >= 0.6 is 0 Å². The lowest BCUT2D eigenvalue weighted by atomic mass is 9.75. The molecule has 0 aliphatic heterocycles. The van der Waals surface area contributed by atoms with Gasteiger partial charge in [-0.3, -0.25) is 0 Å². The largest absolute Gasteiger partial charge is 0.486 e. The monoisotopic (exact) mass is 356 g/mol. The average molecular weight is 356 g/mol. The van der Waals surface area contributed by atoms with Crippen molar-refractivity contribution in [2.24, 2.45) is 5.92 Å². The van der Waals surface area contributed by atoms with Gasteiger partial charge in [0.05, 0.1) is 11.1 Å². The molecule has 2 aliphatic rings. The Morgan fingerprint density at radius 2 is 1.72 bits per heavy atom. The first-order valence-corrected chi connectivity index (χ1v) is 8.95. The maximum Gasteiger partial charge on any atom is 0.419 e. The Kier molecular flexibility index (Phi) is 4.98. The van der Waals surface area contributed by atoms with Crippen molar-refractivity contribution in [2.45, 2.75) is 69.6 Å². The van der Waals surface area contributed by atoms with E-state index >= 15 is 0 Å². The molecule has 0 aromatic heterocycles.